The van der Waals surface area contributed by atoms with Gasteiger partial charge in [-0.3, -0.25) is 10.1 Å². The summed E-state index contributed by atoms with van der Waals surface area (Å²) in [7, 11) is -2.82. The molecule has 0 spiro atoms. The van der Waals surface area contributed by atoms with E-state index in [4.69, 9.17) is 0 Å². The minimum atomic E-state index is -2.82. The maximum absolute atomic E-state index is 11.4. The van der Waals surface area contributed by atoms with Crippen molar-refractivity contribution in [1.29, 1.82) is 0 Å². The van der Waals surface area contributed by atoms with E-state index in [0.29, 0.717) is 19.5 Å². The van der Waals surface area contributed by atoms with Crippen molar-refractivity contribution in [2.45, 2.75) is 51.6 Å². The number of unbranched alkanes of at least 4 members (excludes halogenated alkanes) is 1. The summed E-state index contributed by atoms with van der Waals surface area (Å²) in [5.74, 6) is -0.330. The average Bonchev–Trinajstić information content (AvgIpc) is 2.35. The first kappa shape index (κ1) is 18.4. The Hall–Kier alpha value is -0.660. The maximum Gasteiger partial charge on any atom is 0.323 e. The van der Waals surface area contributed by atoms with Crippen LogP contribution in [0.15, 0.2) is 0 Å². The summed E-state index contributed by atoms with van der Waals surface area (Å²) < 4.78 is 22.7. The summed E-state index contributed by atoms with van der Waals surface area (Å²) in [6.07, 6.45) is 2.28. The van der Waals surface area contributed by atoms with Crippen LogP contribution < -0.4 is 5.32 Å². The lowest BCUT2D eigenvalue weighted by Gasteiger charge is -2.30. The fourth-order valence-corrected chi connectivity index (χ4v) is 3.94. The molecular formula is C14H28N2O4S. The van der Waals surface area contributed by atoms with E-state index in [2.05, 4.69) is 10.2 Å². The second kappa shape index (κ2) is 7.56. The Kier molecular flexibility index (Phi) is 6.62. The molecule has 0 aromatic rings. The van der Waals surface area contributed by atoms with Gasteiger partial charge in [-0.05, 0) is 46.6 Å². The standard InChI is InChI=1S/C14H28N2O4S/c1-12(2)15-14(3,13(17)18)6-4-5-7-16-8-10-21(19,20)11-9-16/h12,15H,4-11H2,1-3H3,(H,17,18). The summed E-state index contributed by atoms with van der Waals surface area (Å²) in [5, 5.41) is 12.5. The predicted octanol–water partition coefficient (Wildman–Crippen LogP) is 0.728. The number of carboxylic acids is 1. The van der Waals surface area contributed by atoms with Gasteiger partial charge in [-0.1, -0.05) is 0 Å². The lowest BCUT2D eigenvalue weighted by atomic mass is 9.94. The molecule has 124 valence electrons. The van der Waals surface area contributed by atoms with Gasteiger partial charge in [0.2, 0.25) is 0 Å². The van der Waals surface area contributed by atoms with Crippen molar-refractivity contribution in [2.75, 3.05) is 31.1 Å². The van der Waals surface area contributed by atoms with Crippen molar-refractivity contribution >= 4 is 15.8 Å². The van der Waals surface area contributed by atoms with E-state index < -0.39 is 21.3 Å². The third-order valence-corrected chi connectivity index (χ3v) is 5.53. The lowest BCUT2D eigenvalue weighted by molar-refractivity contribution is -0.144. The third kappa shape index (κ3) is 6.32. The van der Waals surface area contributed by atoms with Gasteiger partial charge in [0.25, 0.3) is 0 Å². The molecule has 0 bridgehead atoms. The summed E-state index contributed by atoms with van der Waals surface area (Å²) >= 11 is 0. The van der Waals surface area contributed by atoms with Crippen molar-refractivity contribution in [3.8, 4) is 0 Å². The highest BCUT2D eigenvalue weighted by Gasteiger charge is 2.32. The van der Waals surface area contributed by atoms with Crippen LogP contribution in [-0.4, -0.2) is 67.1 Å². The minimum absolute atomic E-state index is 0.124. The zero-order valence-electron chi connectivity index (χ0n) is 13.3. The first-order valence-electron chi connectivity index (χ1n) is 7.58. The molecule has 1 aliphatic heterocycles. The van der Waals surface area contributed by atoms with E-state index in [1.807, 2.05) is 13.8 Å². The molecule has 1 aliphatic rings. The molecule has 0 saturated carbocycles. The second-order valence-corrected chi connectivity index (χ2v) is 8.69. The predicted molar refractivity (Wildman–Crippen MR) is 83.3 cm³/mol. The second-order valence-electron chi connectivity index (χ2n) is 6.39. The molecule has 0 aliphatic carbocycles. The van der Waals surface area contributed by atoms with Crippen LogP contribution in [0.1, 0.15) is 40.0 Å². The molecule has 0 radical (unpaired) electrons. The van der Waals surface area contributed by atoms with Gasteiger partial charge in [0, 0.05) is 19.1 Å². The Bertz CT molecular complexity index is 436. The number of nitrogens with one attached hydrogen (secondary N) is 1. The number of hydrogen-bond acceptors (Lipinski definition) is 5. The summed E-state index contributed by atoms with van der Waals surface area (Å²) in [6, 6.07) is 0.124. The van der Waals surface area contributed by atoms with Crippen molar-refractivity contribution in [1.82, 2.24) is 10.2 Å². The van der Waals surface area contributed by atoms with Gasteiger partial charge in [-0.15, -0.1) is 0 Å². The molecule has 21 heavy (non-hydrogen) atoms. The van der Waals surface area contributed by atoms with Crippen molar-refractivity contribution < 1.29 is 18.3 Å². The van der Waals surface area contributed by atoms with Crippen molar-refractivity contribution in [2.24, 2.45) is 0 Å². The normalized spacial score (nSPS) is 22.1. The van der Waals surface area contributed by atoms with Crippen LogP contribution in [-0.2, 0) is 14.6 Å². The fraction of sp³-hybridized carbons (Fsp3) is 0.929. The first-order valence-corrected chi connectivity index (χ1v) is 9.41. The monoisotopic (exact) mass is 320 g/mol. The number of nitrogens with zero attached hydrogens (tertiary/aromatic N) is 1. The first-order chi connectivity index (χ1) is 9.65. The van der Waals surface area contributed by atoms with E-state index in [-0.39, 0.29) is 17.5 Å². The molecule has 1 saturated heterocycles. The molecule has 7 heteroatoms. The smallest absolute Gasteiger partial charge is 0.323 e. The van der Waals surface area contributed by atoms with Gasteiger partial charge in [-0.25, -0.2) is 8.42 Å². The highest BCUT2D eigenvalue weighted by Crippen LogP contribution is 2.16. The molecule has 1 fully saturated rings. The third-order valence-electron chi connectivity index (χ3n) is 3.92. The number of carbonyl (C=O) groups is 1. The largest absolute Gasteiger partial charge is 0.480 e. The molecule has 0 aromatic carbocycles. The molecule has 1 atom stereocenters. The van der Waals surface area contributed by atoms with Gasteiger partial charge in [0.15, 0.2) is 9.84 Å². The Balaban J connectivity index is 2.31. The zero-order valence-corrected chi connectivity index (χ0v) is 14.1. The number of rotatable bonds is 8. The molecular weight excluding hydrogens is 292 g/mol. The van der Waals surface area contributed by atoms with Crippen LogP contribution in [0.5, 0.6) is 0 Å². The molecule has 1 heterocycles. The van der Waals surface area contributed by atoms with E-state index in [9.17, 15) is 18.3 Å². The van der Waals surface area contributed by atoms with Crippen LogP contribution in [0.3, 0.4) is 0 Å². The topological polar surface area (TPSA) is 86.7 Å². The zero-order chi connectivity index (χ0) is 16.1. The van der Waals surface area contributed by atoms with Crippen LogP contribution in [0.25, 0.3) is 0 Å². The van der Waals surface area contributed by atoms with Crippen molar-refractivity contribution in [3.63, 3.8) is 0 Å². The van der Waals surface area contributed by atoms with Crippen LogP contribution in [0.4, 0.5) is 0 Å². The Morgan fingerprint density at radius 3 is 2.33 bits per heavy atom. The van der Waals surface area contributed by atoms with E-state index in [0.717, 1.165) is 19.4 Å². The SMILES string of the molecule is CC(C)NC(C)(CCCCN1CCS(=O)(=O)CC1)C(=O)O. The molecule has 2 N–H and O–H groups in total. The van der Waals surface area contributed by atoms with E-state index >= 15 is 0 Å². The minimum Gasteiger partial charge on any atom is -0.480 e. The summed E-state index contributed by atoms with van der Waals surface area (Å²) in [4.78, 5) is 13.5. The van der Waals surface area contributed by atoms with Crippen molar-refractivity contribution in [3.05, 3.63) is 0 Å². The number of aliphatic carboxylic acids is 1. The maximum atomic E-state index is 11.4. The van der Waals surface area contributed by atoms with Gasteiger partial charge in [0.1, 0.15) is 5.54 Å². The quantitative estimate of drug-likeness (QED) is 0.641. The Labute approximate surface area is 127 Å². The van der Waals surface area contributed by atoms with Crippen LogP contribution in [0.2, 0.25) is 0 Å². The van der Waals surface area contributed by atoms with Gasteiger partial charge in [-0.2, -0.15) is 0 Å². The average molecular weight is 320 g/mol. The lowest BCUT2D eigenvalue weighted by Crippen LogP contribution is -2.52. The van der Waals surface area contributed by atoms with Gasteiger partial charge in [0.05, 0.1) is 11.5 Å². The highest BCUT2D eigenvalue weighted by atomic mass is 32.2. The number of carboxylic acid groups (broad SMARTS) is 1. The van der Waals surface area contributed by atoms with E-state index in [1.54, 1.807) is 6.92 Å². The highest BCUT2D eigenvalue weighted by molar-refractivity contribution is 7.91. The molecule has 1 unspecified atom stereocenters. The summed E-state index contributed by atoms with van der Waals surface area (Å²) in [6.45, 7) is 7.64. The van der Waals surface area contributed by atoms with Crippen LogP contribution in [0, 0.1) is 0 Å². The fourth-order valence-electron chi connectivity index (χ4n) is 2.67. The van der Waals surface area contributed by atoms with E-state index in [1.165, 1.54) is 0 Å². The molecule has 0 aromatic heterocycles. The Morgan fingerprint density at radius 1 is 1.29 bits per heavy atom. The summed E-state index contributed by atoms with van der Waals surface area (Å²) in [5.41, 5.74) is -0.889. The molecule has 0 amide bonds. The number of sulfone groups is 1. The Morgan fingerprint density at radius 2 is 1.86 bits per heavy atom. The van der Waals surface area contributed by atoms with Gasteiger partial charge >= 0.3 is 5.97 Å². The molecule has 1 rings (SSSR count). The number of hydrogen-bond donors (Lipinski definition) is 2. The molecule has 6 nitrogen and oxygen atoms in total. The van der Waals surface area contributed by atoms with Crippen LogP contribution >= 0.6 is 0 Å². The van der Waals surface area contributed by atoms with Gasteiger partial charge < -0.3 is 10.0 Å².